The van der Waals surface area contributed by atoms with E-state index in [-0.39, 0.29) is 46.4 Å². The minimum Gasteiger partial charge on any atom is -0.359 e. The van der Waals surface area contributed by atoms with E-state index < -0.39 is 27.5 Å². The van der Waals surface area contributed by atoms with Crippen LogP contribution in [0.5, 0.6) is 0 Å². The molecule has 3 N–H and O–H groups in total. The van der Waals surface area contributed by atoms with Gasteiger partial charge < -0.3 is 15.5 Å². The first kappa shape index (κ1) is 29.2. The van der Waals surface area contributed by atoms with Crippen molar-refractivity contribution in [3.63, 3.8) is 0 Å². The van der Waals surface area contributed by atoms with Gasteiger partial charge in [-0.15, -0.1) is 11.8 Å². The van der Waals surface area contributed by atoms with Crippen molar-refractivity contribution < 1.29 is 26.4 Å². The van der Waals surface area contributed by atoms with Gasteiger partial charge in [0.05, 0.1) is 28.3 Å². The van der Waals surface area contributed by atoms with Crippen LogP contribution in [-0.2, 0) is 20.8 Å². The minimum absolute atomic E-state index is 0.0987. The Morgan fingerprint density at radius 3 is 2.51 bits per heavy atom. The second-order valence-corrected chi connectivity index (χ2v) is 12.9. The average Bonchev–Trinajstić information content (AvgIpc) is 3.30. The molecule has 0 unspecified atom stereocenters. The fraction of sp³-hybridized carbons (Fsp3) is 0.462. The second-order valence-electron chi connectivity index (χ2n) is 10.0. The van der Waals surface area contributed by atoms with Crippen molar-refractivity contribution in [3.05, 3.63) is 48.0 Å². The third-order valence-corrected chi connectivity index (χ3v) is 9.79. The van der Waals surface area contributed by atoms with E-state index in [2.05, 4.69) is 25.7 Å². The molecule has 0 radical (unpaired) electrons. The zero-order valence-electron chi connectivity index (χ0n) is 21.9. The van der Waals surface area contributed by atoms with E-state index in [1.807, 2.05) is 20.4 Å². The Kier molecular flexibility index (Phi) is 8.82. The number of thioether (sulfide) groups is 1. The van der Waals surface area contributed by atoms with Gasteiger partial charge in [-0.25, -0.2) is 8.42 Å². The zero-order chi connectivity index (χ0) is 28.4. The number of hydrogen-bond donors (Lipinski definition) is 3. The summed E-state index contributed by atoms with van der Waals surface area (Å²) in [4.78, 5) is 16.2. The number of rotatable bonds is 9. The van der Waals surface area contributed by atoms with Crippen molar-refractivity contribution in [2.75, 3.05) is 38.0 Å². The van der Waals surface area contributed by atoms with E-state index in [1.54, 1.807) is 24.3 Å². The lowest BCUT2D eigenvalue weighted by molar-refractivity contribution is -0.137. The Hall–Kier alpha value is -2.77. The van der Waals surface area contributed by atoms with Gasteiger partial charge in [-0.2, -0.15) is 18.3 Å². The lowest BCUT2D eigenvalue weighted by Crippen LogP contribution is -2.50. The summed E-state index contributed by atoms with van der Waals surface area (Å²) in [5, 5.41) is 12.7. The molecule has 212 valence electrons. The smallest absolute Gasteiger partial charge is 0.359 e. The van der Waals surface area contributed by atoms with E-state index in [1.165, 1.54) is 17.8 Å². The van der Waals surface area contributed by atoms with Gasteiger partial charge in [0.2, 0.25) is 5.91 Å². The first-order valence-electron chi connectivity index (χ1n) is 12.5. The average molecular weight is 584 g/mol. The van der Waals surface area contributed by atoms with Crippen LogP contribution in [0.1, 0.15) is 24.8 Å². The number of benzene rings is 2. The second kappa shape index (κ2) is 11.8. The fourth-order valence-corrected chi connectivity index (χ4v) is 7.07. The van der Waals surface area contributed by atoms with Gasteiger partial charge in [-0.05, 0) is 88.0 Å². The van der Waals surface area contributed by atoms with Gasteiger partial charge in [-0.1, -0.05) is 0 Å². The van der Waals surface area contributed by atoms with E-state index in [9.17, 15) is 26.4 Å². The number of H-pyrrole nitrogens is 1. The maximum Gasteiger partial charge on any atom is 0.416 e. The Morgan fingerprint density at radius 1 is 1.15 bits per heavy atom. The molecule has 1 amide bonds. The third kappa shape index (κ3) is 7.06. The van der Waals surface area contributed by atoms with Crippen LogP contribution in [0.2, 0.25) is 0 Å². The van der Waals surface area contributed by atoms with Crippen molar-refractivity contribution in [1.82, 2.24) is 20.4 Å². The number of nitrogens with zero attached hydrogens (tertiary/aromatic N) is 2. The van der Waals surface area contributed by atoms with Gasteiger partial charge in [-0.3, -0.25) is 9.89 Å². The number of aromatic amines is 1. The molecule has 4 rings (SSSR count). The molecule has 3 atom stereocenters. The van der Waals surface area contributed by atoms with Crippen LogP contribution < -0.4 is 10.6 Å². The van der Waals surface area contributed by atoms with E-state index in [0.29, 0.717) is 18.4 Å². The van der Waals surface area contributed by atoms with Crippen LogP contribution in [0.3, 0.4) is 0 Å². The number of amides is 1. The number of hydrogen-bond acceptors (Lipinski definition) is 7. The molecule has 0 spiro atoms. The highest BCUT2D eigenvalue weighted by Crippen LogP contribution is 2.33. The van der Waals surface area contributed by atoms with Crippen LogP contribution >= 0.6 is 11.8 Å². The van der Waals surface area contributed by atoms with Gasteiger partial charge in [0.1, 0.15) is 0 Å². The molecule has 13 heteroatoms. The van der Waals surface area contributed by atoms with Gasteiger partial charge in [0.15, 0.2) is 15.7 Å². The lowest BCUT2D eigenvalue weighted by atomic mass is 9.82. The zero-order valence-corrected chi connectivity index (χ0v) is 23.5. The molecule has 3 aromatic rings. The predicted molar refractivity (Wildman–Crippen MR) is 147 cm³/mol. The number of fused-ring (bicyclic) bond motifs is 1. The summed E-state index contributed by atoms with van der Waals surface area (Å²) >= 11 is 1.53. The summed E-state index contributed by atoms with van der Waals surface area (Å²) in [5.74, 6) is -0.659. The van der Waals surface area contributed by atoms with Gasteiger partial charge in [0, 0.05) is 22.4 Å². The molecule has 1 aliphatic rings. The number of carbonyl (C=O) groups excluding carboxylic acids is 1. The molecule has 2 aromatic carbocycles. The molecule has 1 saturated carbocycles. The van der Waals surface area contributed by atoms with E-state index in [4.69, 9.17) is 0 Å². The number of halogens is 3. The Labute approximate surface area is 230 Å². The summed E-state index contributed by atoms with van der Waals surface area (Å²) in [6.07, 6.45) is -0.561. The largest absolute Gasteiger partial charge is 0.416 e. The number of anilines is 1. The van der Waals surface area contributed by atoms with Crippen molar-refractivity contribution in [1.29, 1.82) is 0 Å². The SMILES string of the molecule is CSc1ccc(S(=O)(=O)C[C@H]2C[C@@H](N(C)C)CC[C@@H]2NC(=O)CNc2n[nH]c3ccc(C(F)(F)F)cc23)cc1. The molecule has 0 saturated heterocycles. The van der Waals surface area contributed by atoms with E-state index >= 15 is 0 Å². The highest BCUT2D eigenvalue weighted by molar-refractivity contribution is 7.98. The maximum absolute atomic E-state index is 13.3. The first-order valence-corrected chi connectivity index (χ1v) is 15.4. The van der Waals surface area contributed by atoms with Crippen molar-refractivity contribution in [3.8, 4) is 0 Å². The minimum atomic E-state index is -4.50. The van der Waals surface area contributed by atoms with Gasteiger partial charge in [0.25, 0.3) is 0 Å². The first-order chi connectivity index (χ1) is 18.4. The van der Waals surface area contributed by atoms with E-state index in [0.717, 1.165) is 23.4 Å². The van der Waals surface area contributed by atoms with Crippen LogP contribution in [0.15, 0.2) is 52.3 Å². The highest BCUT2D eigenvalue weighted by atomic mass is 32.2. The number of sulfone groups is 1. The van der Waals surface area contributed by atoms with Crippen molar-refractivity contribution in [2.24, 2.45) is 5.92 Å². The number of aromatic nitrogens is 2. The molecular formula is C26H32F3N5O3S2. The summed E-state index contributed by atoms with van der Waals surface area (Å²) in [7, 11) is 0.322. The van der Waals surface area contributed by atoms with Crippen molar-refractivity contribution in [2.45, 2.75) is 47.3 Å². The highest BCUT2D eigenvalue weighted by Gasteiger charge is 2.36. The number of carbonyl (C=O) groups is 1. The summed E-state index contributed by atoms with van der Waals surface area (Å²) in [6.45, 7) is -0.223. The number of nitrogens with one attached hydrogen (secondary N) is 3. The molecule has 0 bridgehead atoms. The molecule has 1 aliphatic carbocycles. The Morgan fingerprint density at radius 2 is 1.87 bits per heavy atom. The Bertz CT molecular complexity index is 1410. The Balaban J connectivity index is 1.45. The summed E-state index contributed by atoms with van der Waals surface area (Å²) < 4.78 is 66.0. The lowest BCUT2D eigenvalue weighted by Gasteiger charge is -2.39. The summed E-state index contributed by atoms with van der Waals surface area (Å²) in [5.41, 5.74) is -0.405. The molecule has 8 nitrogen and oxygen atoms in total. The topological polar surface area (TPSA) is 107 Å². The van der Waals surface area contributed by atoms with Crippen LogP contribution in [0.25, 0.3) is 10.9 Å². The maximum atomic E-state index is 13.3. The third-order valence-electron chi connectivity index (χ3n) is 7.19. The molecule has 1 fully saturated rings. The molecule has 1 aromatic heterocycles. The quantitative estimate of drug-likeness (QED) is 0.321. The van der Waals surface area contributed by atoms with Crippen LogP contribution in [0.4, 0.5) is 19.0 Å². The molecular weight excluding hydrogens is 551 g/mol. The standard InChI is InChI=1S/C26H32F3N5O3S2/c1-34(2)18-5-11-22(16(12-18)15-39(36,37)20-8-6-19(38-3)7-9-20)31-24(35)14-30-25-21-13-17(26(27,28)29)4-10-23(21)32-33-25/h4,6-10,13,16,18,22H,5,11-12,14-15H2,1-3H3,(H,31,35)(H2,30,32,33)/t16-,18+,22+/m1/s1. The normalized spacial score (nSPS) is 20.3. The summed E-state index contributed by atoms with van der Waals surface area (Å²) in [6, 6.07) is 9.86. The monoisotopic (exact) mass is 583 g/mol. The number of alkyl halides is 3. The molecule has 0 aliphatic heterocycles. The fourth-order valence-electron chi connectivity index (χ4n) is 4.99. The van der Waals surface area contributed by atoms with Crippen molar-refractivity contribution >= 4 is 44.2 Å². The van der Waals surface area contributed by atoms with Crippen LogP contribution in [-0.4, -0.2) is 74.2 Å². The molecule has 39 heavy (non-hydrogen) atoms. The molecule has 1 heterocycles. The van der Waals surface area contributed by atoms with Crippen LogP contribution in [0, 0.1) is 5.92 Å². The van der Waals surface area contributed by atoms with Gasteiger partial charge >= 0.3 is 6.18 Å². The predicted octanol–water partition coefficient (Wildman–Crippen LogP) is 4.40.